The van der Waals surface area contributed by atoms with Crippen LogP contribution in [-0.2, 0) is 23.9 Å². The molecule has 0 aromatic heterocycles. The first-order valence-electron chi connectivity index (χ1n) is 7.43. The van der Waals surface area contributed by atoms with Crippen molar-refractivity contribution in [3.8, 4) is 0 Å². The van der Waals surface area contributed by atoms with Gasteiger partial charge in [-0.1, -0.05) is 19.8 Å². The Kier molecular flexibility index (Phi) is 7.19. The Morgan fingerprint density at radius 2 is 1.67 bits per heavy atom. The summed E-state index contributed by atoms with van der Waals surface area (Å²) >= 11 is 0. The van der Waals surface area contributed by atoms with Crippen LogP contribution in [0.5, 0.6) is 0 Å². The smallest absolute Gasteiger partial charge is 0.328 e. The number of nitrogens with one attached hydrogen (secondary N) is 1. The molecule has 0 unspecified atom stereocenters. The van der Waals surface area contributed by atoms with Gasteiger partial charge in [0.1, 0.15) is 6.04 Å². The second kappa shape index (κ2) is 8.64. The molecule has 0 radical (unpaired) electrons. The highest BCUT2D eigenvalue weighted by Crippen LogP contribution is 2.27. The Labute approximate surface area is 125 Å². The van der Waals surface area contributed by atoms with Crippen molar-refractivity contribution in [3.63, 3.8) is 0 Å². The minimum atomic E-state index is -0.807. The van der Waals surface area contributed by atoms with Crippen molar-refractivity contribution in [1.82, 2.24) is 5.32 Å². The molecule has 0 bridgehead atoms. The van der Waals surface area contributed by atoms with E-state index in [2.05, 4.69) is 10.1 Å². The molecular formula is C15H25NO5. The fourth-order valence-corrected chi connectivity index (χ4v) is 2.74. The van der Waals surface area contributed by atoms with Crippen molar-refractivity contribution in [2.45, 2.75) is 51.5 Å². The molecule has 1 aliphatic carbocycles. The number of carbonyl (C=O) groups is 3. The number of hydrogen-bond acceptors (Lipinski definition) is 5. The summed E-state index contributed by atoms with van der Waals surface area (Å²) in [5.74, 6) is -1.18. The number of carbonyl (C=O) groups excluding carboxylic acids is 3. The molecule has 1 aliphatic rings. The van der Waals surface area contributed by atoms with Crippen LogP contribution in [0.15, 0.2) is 0 Å². The molecule has 1 N–H and O–H groups in total. The molecule has 1 saturated carbocycles. The van der Waals surface area contributed by atoms with Gasteiger partial charge in [0.2, 0.25) is 5.91 Å². The fourth-order valence-electron chi connectivity index (χ4n) is 2.74. The normalized spacial score (nSPS) is 17.9. The Morgan fingerprint density at radius 3 is 2.19 bits per heavy atom. The van der Waals surface area contributed by atoms with Gasteiger partial charge in [-0.15, -0.1) is 0 Å². The zero-order valence-corrected chi connectivity index (χ0v) is 13.0. The summed E-state index contributed by atoms with van der Waals surface area (Å²) in [6, 6.07) is -0.807. The predicted octanol–water partition coefficient (Wildman–Crippen LogP) is 1.42. The lowest BCUT2D eigenvalue weighted by Gasteiger charge is -2.20. The van der Waals surface area contributed by atoms with E-state index >= 15 is 0 Å². The Morgan fingerprint density at radius 1 is 1.10 bits per heavy atom. The van der Waals surface area contributed by atoms with Gasteiger partial charge in [0.15, 0.2) is 0 Å². The van der Waals surface area contributed by atoms with Crippen molar-refractivity contribution < 1.29 is 23.9 Å². The van der Waals surface area contributed by atoms with Crippen molar-refractivity contribution in [1.29, 1.82) is 0 Å². The molecule has 0 aliphatic heterocycles. The average molecular weight is 299 g/mol. The summed E-state index contributed by atoms with van der Waals surface area (Å²) in [5.41, 5.74) is 0. The maximum Gasteiger partial charge on any atom is 0.328 e. The van der Waals surface area contributed by atoms with Crippen LogP contribution in [0.2, 0.25) is 0 Å². The van der Waals surface area contributed by atoms with Gasteiger partial charge in [-0.2, -0.15) is 0 Å². The SMILES string of the molecule is COC(=O)[C@H](C)C[C@@H](NC(=O)CC1CCCC1)C(=O)OC. The van der Waals surface area contributed by atoms with E-state index in [9.17, 15) is 14.4 Å². The third kappa shape index (κ3) is 5.73. The number of methoxy groups -OCH3 is 2. The van der Waals surface area contributed by atoms with E-state index in [0.717, 1.165) is 25.7 Å². The standard InChI is InChI=1S/C15H25NO5/c1-10(14(18)20-2)8-12(15(19)21-3)16-13(17)9-11-6-4-5-7-11/h10-12H,4-9H2,1-3H3,(H,16,17)/t10-,12-/m1/s1. The minimum Gasteiger partial charge on any atom is -0.469 e. The Hall–Kier alpha value is -1.59. The largest absolute Gasteiger partial charge is 0.469 e. The maximum atomic E-state index is 12.0. The van der Waals surface area contributed by atoms with Crippen LogP contribution >= 0.6 is 0 Å². The summed E-state index contributed by atoms with van der Waals surface area (Å²) in [5, 5.41) is 2.68. The molecule has 1 fully saturated rings. The average Bonchev–Trinajstić information content (AvgIpc) is 2.97. The van der Waals surface area contributed by atoms with E-state index in [1.807, 2.05) is 0 Å². The molecule has 6 nitrogen and oxygen atoms in total. The molecule has 120 valence electrons. The molecule has 2 atom stereocenters. The lowest BCUT2D eigenvalue weighted by atomic mass is 10.00. The van der Waals surface area contributed by atoms with E-state index in [-0.39, 0.29) is 12.3 Å². The van der Waals surface area contributed by atoms with Crippen molar-refractivity contribution in [3.05, 3.63) is 0 Å². The zero-order chi connectivity index (χ0) is 15.8. The van der Waals surface area contributed by atoms with Crippen LogP contribution in [0.3, 0.4) is 0 Å². The van der Waals surface area contributed by atoms with Gasteiger partial charge in [0.25, 0.3) is 0 Å². The summed E-state index contributed by atoms with van der Waals surface area (Å²) < 4.78 is 9.33. The van der Waals surface area contributed by atoms with Crippen molar-refractivity contribution in [2.24, 2.45) is 11.8 Å². The molecule has 0 heterocycles. The predicted molar refractivity (Wildman–Crippen MR) is 76.3 cm³/mol. The van der Waals surface area contributed by atoms with Crippen LogP contribution in [0.25, 0.3) is 0 Å². The fraction of sp³-hybridized carbons (Fsp3) is 0.800. The van der Waals surface area contributed by atoms with Crippen LogP contribution < -0.4 is 5.32 Å². The van der Waals surface area contributed by atoms with Crippen LogP contribution in [-0.4, -0.2) is 38.1 Å². The molecule has 6 heteroatoms. The Balaban J connectivity index is 2.54. The van der Waals surface area contributed by atoms with E-state index in [4.69, 9.17) is 4.74 Å². The lowest BCUT2D eigenvalue weighted by molar-refractivity contribution is -0.149. The van der Waals surface area contributed by atoms with Crippen molar-refractivity contribution >= 4 is 17.8 Å². The van der Waals surface area contributed by atoms with E-state index in [0.29, 0.717) is 12.3 Å². The first kappa shape index (κ1) is 17.5. The van der Waals surface area contributed by atoms with Gasteiger partial charge in [-0.05, 0) is 25.2 Å². The highest BCUT2D eigenvalue weighted by atomic mass is 16.5. The van der Waals surface area contributed by atoms with E-state index < -0.39 is 23.9 Å². The summed E-state index contributed by atoms with van der Waals surface area (Å²) in [4.78, 5) is 35.2. The molecule has 21 heavy (non-hydrogen) atoms. The summed E-state index contributed by atoms with van der Waals surface area (Å²) in [6.45, 7) is 1.66. The van der Waals surface area contributed by atoms with Crippen LogP contribution in [0.4, 0.5) is 0 Å². The lowest BCUT2D eigenvalue weighted by Crippen LogP contribution is -2.43. The molecule has 0 aromatic carbocycles. The third-order valence-electron chi connectivity index (χ3n) is 3.96. The molecule has 1 rings (SSSR count). The third-order valence-corrected chi connectivity index (χ3v) is 3.96. The number of esters is 2. The number of rotatable bonds is 7. The zero-order valence-electron chi connectivity index (χ0n) is 13.0. The quantitative estimate of drug-likeness (QED) is 0.719. The molecule has 0 spiro atoms. The summed E-state index contributed by atoms with van der Waals surface area (Å²) in [6.07, 6.45) is 5.06. The first-order valence-corrected chi connectivity index (χ1v) is 7.43. The minimum absolute atomic E-state index is 0.158. The molecular weight excluding hydrogens is 274 g/mol. The highest BCUT2D eigenvalue weighted by molar-refractivity contribution is 5.85. The van der Waals surface area contributed by atoms with Gasteiger partial charge in [-0.25, -0.2) is 4.79 Å². The number of ether oxygens (including phenoxy) is 2. The monoisotopic (exact) mass is 299 g/mol. The van der Waals surface area contributed by atoms with Gasteiger partial charge < -0.3 is 14.8 Å². The Bertz CT molecular complexity index is 376. The van der Waals surface area contributed by atoms with Crippen molar-refractivity contribution in [2.75, 3.05) is 14.2 Å². The van der Waals surface area contributed by atoms with Gasteiger partial charge >= 0.3 is 11.9 Å². The topological polar surface area (TPSA) is 81.7 Å². The highest BCUT2D eigenvalue weighted by Gasteiger charge is 2.28. The molecule has 0 aromatic rings. The second-order valence-electron chi connectivity index (χ2n) is 5.66. The van der Waals surface area contributed by atoms with Crippen LogP contribution in [0, 0.1) is 11.8 Å². The number of amides is 1. The molecule has 1 amide bonds. The summed E-state index contributed by atoms with van der Waals surface area (Å²) in [7, 11) is 2.56. The van der Waals surface area contributed by atoms with Crippen LogP contribution in [0.1, 0.15) is 45.4 Å². The first-order chi connectivity index (χ1) is 9.97. The van der Waals surface area contributed by atoms with E-state index in [1.54, 1.807) is 6.92 Å². The maximum absolute atomic E-state index is 12.0. The molecule has 0 saturated heterocycles. The second-order valence-corrected chi connectivity index (χ2v) is 5.66. The number of hydrogen-bond donors (Lipinski definition) is 1. The van der Waals surface area contributed by atoms with Gasteiger partial charge in [-0.3, -0.25) is 9.59 Å². The van der Waals surface area contributed by atoms with Gasteiger partial charge in [0, 0.05) is 6.42 Å². The van der Waals surface area contributed by atoms with E-state index in [1.165, 1.54) is 14.2 Å². The van der Waals surface area contributed by atoms with Gasteiger partial charge in [0.05, 0.1) is 20.1 Å².